The molecule has 0 bridgehead atoms. The van der Waals surface area contributed by atoms with Crippen LogP contribution in [0.2, 0.25) is 20.1 Å². The fourth-order valence-electron chi connectivity index (χ4n) is 4.41. The van der Waals surface area contributed by atoms with E-state index in [2.05, 4.69) is 16.0 Å². The van der Waals surface area contributed by atoms with Gasteiger partial charge in [-0.3, -0.25) is 14.9 Å². The molecule has 15 heteroatoms. The summed E-state index contributed by atoms with van der Waals surface area (Å²) in [5.41, 5.74) is -1.38. The maximum atomic E-state index is 15.2. The Hall–Kier alpha value is -2.53. The summed E-state index contributed by atoms with van der Waals surface area (Å²) in [5, 5.41) is 7.39. The number of ether oxygens (including phenoxy) is 1. The number of anilines is 3. The Bertz CT molecular complexity index is 1670. The zero-order valence-electron chi connectivity index (χ0n) is 23.3. The molecule has 0 aromatic heterocycles. The molecule has 1 unspecified atom stereocenters. The predicted molar refractivity (Wildman–Crippen MR) is 171 cm³/mol. The van der Waals surface area contributed by atoms with E-state index < -0.39 is 62.7 Å². The lowest BCUT2D eigenvalue weighted by Crippen LogP contribution is -2.27. The van der Waals surface area contributed by atoms with Gasteiger partial charge >= 0.3 is 6.09 Å². The highest BCUT2D eigenvalue weighted by atomic mass is 35.5. The van der Waals surface area contributed by atoms with Gasteiger partial charge < -0.3 is 15.4 Å². The summed E-state index contributed by atoms with van der Waals surface area (Å²) in [6, 6.07) is 7.56. The monoisotopic (exact) mass is 725 g/mol. The summed E-state index contributed by atoms with van der Waals surface area (Å²) >= 11 is 37.5. The van der Waals surface area contributed by atoms with Crippen molar-refractivity contribution in [2.24, 2.45) is 5.92 Å². The number of hydrogen-bond acceptors (Lipinski definition) is 4. The maximum absolute atomic E-state index is 15.2. The van der Waals surface area contributed by atoms with Crippen LogP contribution in [-0.4, -0.2) is 27.8 Å². The first-order valence-corrected chi connectivity index (χ1v) is 15.0. The fraction of sp³-hybridized carbons (Fsp3) is 0.276. The maximum Gasteiger partial charge on any atom is 0.412 e. The van der Waals surface area contributed by atoms with Gasteiger partial charge in [0.1, 0.15) is 21.4 Å². The molecule has 0 saturated heterocycles. The van der Waals surface area contributed by atoms with Gasteiger partial charge in [0.25, 0.3) is 5.91 Å². The van der Waals surface area contributed by atoms with Crippen LogP contribution in [0.4, 0.5) is 30.6 Å². The van der Waals surface area contributed by atoms with Crippen LogP contribution in [0.1, 0.15) is 48.2 Å². The van der Waals surface area contributed by atoms with Crippen molar-refractivity contribution in [2.45, 2.75) is 43.5 Å². The van der Waals surface area contributed by atoms with Crippen LogP contribution in [0.5, 0.6) is 0 Å². The van der Waals surface area contributed by atoms with E-state index in [9.17, 15) is 18.8 Å². The second-order valence-corrected chi connectivity index (χ2v) is 14.0. The van der Waals surface area contributed by atoms with Crippen molar-refractivity contribution in [2.75, 3.05) is 16.0 Å². The zero-order valence-corrected chi connectivity index (χ0v) is 27.8. The summed E-state index contributed by atoms with van der Waals surface area (Å²) in [5.74, 6) is -5.58. The standard InChI is InChI=1S/C29H23Cl6F2N3O4/c1-11-7-13(38-26(42)20-19(29(20,34)35)12-8-15(30)22(33)16(31)9-12)10-14(21(11)32)25(41)40-24-17(36)5-6-18(23(24)37)39-27(43)44-28(2,3)4/h5-10,19-20H,1-4H3,(H,38,42)(H,39,43)(H,40,41)/t19-,20?/m0/s1. The van der Waals surface area contributed by atoms with Gasteiger partial charge in [0.05, 0.1) is 37.3 Å². The van der Waals surface area contributed by atoms with Crippen molar-refractivity contribution in [1.82, 2.24) is 0 Å². The van der Waals surface area contributed by atoms with E-state index in [0.717, 1.165) is 12.1 Å². The molecule has 2 atom stereocenters. The third-order valence-electron chi connectivity index (χ3n) is 6.43. The molecule has 4 rings (SSSR count). The van der Waals surface area contributed by atoms with Crippen LogP contribution in [0, 0.1) is 24.5 Å². The van der Waals surface area contributed by atoms with Crippen LogP contribution < -0.4 is 16.0 Å². The van der Waals surface area contributed by atoms with Gasteiger partial charge in [-0.25, -0.2) is 13.6 Å². The second kappa shape index (κ2) is 12.7. The van der Waals surface area contributed by atoms with Crippen molar-refractivity contribution in [3.05, 3.63) is 84.8 Å². The van der Waals surface area contributed by atoms with Crippen LogP contribution >= 0.6 is 69.6 Å². The lowest BCUT2D eigenvalue weighted by Gasteiger charge is -2.20. The number of nitrogens with one attached hydrogen (secondary N) is 3. The van der Waals surface area contributed by atoms with E-state index in [1.54, 1.807) is 27.7 Å². The molecule has 1 aliphatic rings. The number of amides is 3. The van der Waals surface area contributed by atoms with Crippen LogP contribution in [0.25, 0.3) is 0 Å². The van der Waals surface area contributed by atoms with Crippen LogP contribution in [0.3, 0.4) is 0 Å². The molecule has 1 fully saturated rings. The molecule has 7 nitrogen and oxygen atoms in total. The van der Waals surface area contributed by atoms with Gasteiger partial charge in [0.2, 0.25) is 5.91 Å². The smallest absolute Gasteiger partial charge is 0.412 e. The molecule has 3 amide bonds. The highest BCUT2D eigenvalue weighted by molar-refractivity contribution is 6.54. The van der Waals surface area contributed by atoms with E-state index in [0.29, 0.717) is 11.1 Å². The summed E-state index contributed by atoms with van der Waals surface area (Å²) in [6.07, 6.45) is -0.986. The Morgan fingerprint density at radius 3 is 2.09 bits per heavy atom. The molecule has 1 saturated carbocycles. The molecule has 0 radical (unpaired) electrons. The molecule has 234 valence electrons. The van der Waals surface area contributed by atoms with Gasteiger partial charge in [-0.1, -0.05) is 46.4 Å². The molecule has 44 heavy (non-hydrogen) atoms. The highest BCUT2D eigenvalue weighted by Crippen LogP contribution is 2.65. The van der Waals surface area contributed by atoms with Crippen LogP contribution in [0.15, 0.2) is 36.4 Å². The van der Waals surface area contributed by atoms with Gasteiger partial charge in [0, 0.05) is 11.6 Å². The molecule has 0 heterocycles. The lowest BCUT2D eigenvalue weighted by molar-refractivity contribution is -0.117. The topological polar surface area (TPSA) is 96.5 Å². The summed E-state index contributed by atoms with van der Waals surface area (Å²) in [7, 11) is 0. The minimum absolute atomic E-state index is 0.0388. The number of halogens is 8. The number of aryl methyl sites for hydroxylation is 1. The first-order chi connectivity index (χ1) is 20.3. The van der Waals surface area contributed by atoms with Crippen molar-refractivity contribution in [1.29, 1.82) is 0 Å². The van der Waals surface area contributed by atoms with E-state index in [1.807, 2.05) is 0 Å². The Morgan fingerprint density at radius 2 is 1.50 bits per heavy atom. The van der Waals surface area contributed by atoms with Crippen molar-refractivity contribution in [3.63, 3.8) is 0 Å². The van der Waals surface area contributed by atoms with Gasteiger partial charge in [-0.2, -0.15) is 0 Å². The average molecular weight is 728 g/mol. The minimum Gasteiger partial charge on any atom is -0.444 e. The molecular formula is C29H23Cl6F2N3O4. The van der Waals surface area contributed by atoms with E-state index >= 15 is 4.39 Å². The van der Waals surface area contributed by atoms with E-state index in [1.165, 1.54) is 24.3 Å². The van der Waals surface area contributed by atoms with E-state index in [-0.39, 0.29) is 31.3 Å². The first-order valence-electron chi connectivity index (χ1n) is 12.7. The average Bonchev–Trinajstić information content (AvgIpc) is 3.49. The van der Waals surface area contributed by atoms with Gasteiger partial charge in [-0.15, -0.1) is 23.2 Å². The second-order valence-electron chi connectivity index (χ2n) is 10.9. The Morgan fingerprint density at radius 1 is 0.886 bits per heavy atom. The lowest BCUT2D eigenvalue weighted by atomic mass is 10.1. The van der Waals surface area contributed by atoms with Crippen molar-refractivity contribution < 1.29 is 27.9 Å². The highest BCUT2D eigenvalue weighted by Gasteiger charge is 2.67. The molecule has 0 aliphatic heterocycles. The first kappa shape index (κ1) is 34.3. The SMILES string of the molecule is Cc1cc(NC(=O)C2[C@H](c3cc(Cl)c(Cl)c(Cl)c3)C2(Cl)Cl)cc(C(=O)Nc2c(F)ccc(NC(=O)OC(C)(C)C)c2F)c1Cl. The number of carbonyl (C=O) groups excluding carboxylic acids is 3. The van der Waals surface area contributed by atoms with Crippen molar-refractivity contribution in [3.8, 4) is 0 Å². The summed E-state index contributed by atoms with van der Waals surface area (Å²) in [4.78, 5) is 38.5. The van der Waals surface area contributed by atoms with Crippen molar-refractivity contribution >= 4 is 105 Å². The third-order valence-corrected chi connectivity index (χ3v) is 9.07. The molecular weight excluding hydrogens is 705 g/mol. The number of rotatable bonds is 6. The molecule has 3 aromatic carbocycles. The normalized spacial score (nSPS) is 17.1. The largest absolute Gasteiger partial charge is 0.444 e. The van der Waals surface area contributed by atoms with Crippen LogP contribution in [-0.2, 0) is 9.53 Å². The Labute approximate surface area is 281 Å². The van der Waals surface area contributed by atoms with Gasteiger partial charge in [-0.05, 0) is 75.2 Å². The predicted octanol–water partition coefficient (Wildman–Crippen LogP) is 10.0. The zero-order chi connectivity index (χ0) is 32.9. The molecule has 3 N–H and O–H groups in total. The van der Waals surface area contributed by atoms with E-state index in [4.69, 9.17) is 74.3 Å². The number of carbonyl (C=O) groups is 3. The van der Waals surface area contributed by atoms with Gasteiger partial charge in [0.15, 0.2) is 5.82 Å². The minimum atomic E-state index is -1.50. The third kappa shape index (κ3) is 7.30. The number of alkyl halides is 2. The summed E-state index contributed by atoms with van der Waals surface area (Å²) in [6.45, 7) is 6.39. The number of benzene rings is 3. The quantitative estimate of drug-likeness (QED) is 0.174. The fourth-order valence-corrected chi connectivity index (χ4v) is 6.04. The Balaban J connectivity index is 1.55. The Kier molecular flexibility index (Phi) is 9.91. The molecule has 0 spiro atoms. The summed E-state index contributed by atoms with van der Waals surface area (Å²) < 4.78 is 33.4. The molecule has 3 aromatic rings. The number of hydrogen-bond donors (Lipinski definition) is 3. The molecule has 1 aliphatic carbocycles.